The highest BCUT2D eigenvalue weighted by Gasteiger charge is 2.22. The van der Waals surface area contributed by atoms with E-state index in [0.717, 1.165) is 6.07 Å². The average Bonchev–Trinajstić information content (AvgIpc) is 2.27. The van der Waals surface area contributed by atoms with Crippen LogP contribution < -0.4 is 16.2 Å². The Morgan fingerprint density at radius 3 is 2.56 bits per heavy atom. The molecule has 0 radical (unpaired) electrons. The molecular formula is C10H15FN2O3. The monoisotopic (exact) mass is 230 g/mol. The van der Waals surface area contributed by atoms with E-state index < -0.39 is 18.0 Å². The van der Waals surface area contributed by atoms with E-state index in [0.29, 0.717) is 0 Å². The molecule has 6 N–H and O–H groups in total. The van der Waals surface area contributed by atoms with Crippen molar-refractivity contribution in [1.29, 1.82) is 0 Å². The molecule has 0 aromatic heterocycles. The van der Waals surface area contributed by atoms with Crippen molar-refractivity contribution in [3.63, 3.8) is 0 Å². The summed E-state index contributed by atoms with van der Waals surface area (Å²) in [4.78, 5) is 0. The summed E-state index contributed by atoms with van der Waals surface area (Å²) in [5.74, 6) is -0.474. The maximum absolute atomic E-state index is 13.5. The van der Waals surface area contributed by atoms with Crippen molar-refractivity contribution in [2.45, 2.75) is 12.2 Å². The molecule has 1 rings (SSSR count). The van der Waals surface area contributed by atoms with Crippen LogP contribution in [0.25, 0.3) is 0 Å². The van der Waals surface area contributed by atoms with Gasteiger partial charge in [0.05, 0.1) is 18.9 Å². The number of halogens is 1. The topological polar surface area (TPSA) is 102 Å². The van der Waals surface area contributed by atoms with Crippen molar-refractivity contribution in [1.82, 2.24) is 0 Å². The zero-order valence-corrected chi connectivity index (χ0v) is 8.85. The quantitative estimate of drug-likeness (QED) is 0.535. The summed E-state index contributed by atoms with van der Waals surface area (Å²) >= 11 is 0. The van der Waals surface area contributed by atoms with Crippen molar-refractivity contribution < 1.29 is 19.3 Å². The Hall–Kier alpha value is -1.37. The lowest BCUT2D eigenvalue weighted by Gasteiger charge is -2.18. The van der Waals surface area contributed by atoms with E-state index in [1.54, 1.807) is 0 Å². The molecule has 0 saturated carbocycles. The molecule has 0 aliphatic rings. The molecule has 0 aliphatic carbocycles. The van der Waals surface area contributed by atoms with E-state index in [1.165, 1.54) is 13.2 Å². The summed E-state index contributed by atoms with van der Waals surface area (Å²) in [6, 6.07) is 2.27. The fraction of sp³-hybridized carbons (Fsp3) is 0.400. The largest absolute Gasteiger partial charge is 0.495 e. The third-order valence-corrected chi connectivity index (χ3v) is 2.27. The number of benzene rings is 1. The first-order valence-corrected chi connectivity index (χ1v) is 4.70. The molecule has 0 spiro atoms. The van der Waals surface area contributed by atoms with E-state index in [9.17, 15) is 14.6 Å². The molecule has 5 nitrogen and oxygen atoms in total. The normalized spacial score (nSPS) is 14.6. The van der Waals surface area contributed by atoms with Crippen LogP contribution >= 0.6 is 0 Å². The van der Waals surface area contributed by atoms with E-state index in [1.807, 2.05) is 0 Å². The van der Waals surface area contributed by atoms with Crippen molar-refractivity contribution in [3.8, 4) is 5.75 Å². The summed E-state index contributed by atoms with van der Waals surface area (Å²) < 4.78 is 18.4. The SMILES string of the molecule is COc1cc(C(O)C(O)CN)c(F)cc1N. The lowest BCUT2D eigenvalue weighted by molar-refractivity contribution is 0.0221. The minimum Gasteiger partial charge on any atom is -0.495 e. The second-order valence-corrected chi connectivity index (χ2v) is 3.36. The van der Waals surface area contributed by atoms with Gasteiger partial charge in [-0.3, -0.25) is 0 Å². The van der Waals surface area contributed by atoms with Gasteiger partial charge in [-0.15, -0.1) is 0 Å². The Morgan fingerprint density at radius 2 is 2.06 bits per heavy atom. The molecule has 0 heterocycles. The van der Waals surface area contributed by atoms with Crippen LogP contribution in [0.1, 0.15) is 11.7 Å². The number of hydrogen-bond acceptors (Lipinski definition) is 5. The van der Waals surface area contributed by atoms with Gasteiger partial charge in [-0.2, -0.15) is 0 Å². The molecule has 16 heavy (non-hydrogen) atoms. The minimum atomic E-state index is -1.40. The van der Waals surface area contributed by atoms with E-state index >= 15 is 0 Å². The first-order valence-electron chi connectivity index (χ1n) is 4.70. The second kappa shape index (κ2) is 5.11. The van der Waals surface area contributed by atoms with Gasteiger partial charge in [-0.1, -0.05) is 0 Å². The summed E-state index contributed by atoms with van der Waals surface area (Å²) in [5, 5.41) is 18.9. The first-order chi connectivity index (χ1) is 7.51. The standard InChI is InChI=1S/C10H15FN2O3/c1-16-9-2-5(6(11)3-7(9)13)10(15)8(14)4-12/h2-3,8,10,14-15H,4,12-13H2,1H3. The van der Waals surface area contributed by atoms with Crippen molar-refractivity contribution in [3.05, 3.63) is 23.5 Å². The average molecular weight is 230 g/mol. The number of ether oxygens (including phenoxy) is 1. The zero-order valence-electron chi connectivity index (χ0n) is 8.85. The molecule has 0 bridgehead atoms. The molecule has 90 valence electrons. The molecule has 6 heteroatoms. The minimum absolute atomic E-state index is 0.0935. The van der Waals surface area contributed by atoms with Gasteiger partial charge in [0, 0.05) is 18.2 Å². The summed E-state index contributed by atoms with van der Waals surface area (Å²) in [7, 11) is 1.37. The number of hydrogen-bond donors (Lipinski definition) is 4. The molecule has 0 aliphatic heterocycles. The lowest BCUT2D eigenvalue weighted by Crippen LogP contribution is -2.27. The highest BCUT2D eigenvalue weighted by atomic mass is 19.1. The maximum Gasteiger partial charge on any atom is 0.142 e. The van der Waals surface area contributed by atoms with Gasteiger partial charge in [0.25, 0.3) is 0 Å². The van der Waals surface area contributed by atoms with Crippen LogP contribution in [0.4, 0.5) is 10.1 Å². The van der Waals surface area contributed by atoms with Crippen molar-refractivity contribution >= 4 is 5.69 Å². The Kier molecular flexibility index (Phi) is 4.05. The highest BCUT2D eigenvalue weighted by molar-refractivity contribution is 5.54. The summed E-state index contributed by atoms with van der Waals surface area (Å²) in [6.45, 7) is -0.173. The molecule has 1 aromatic carbocycles. The van der Waals surface area contributed by atoms with Crippen LogP contribution in [-0.4, -0.2) is 30.0 Å². The zero-order chi connectivity index (χ0) is 12.3. The third-order valence-electron chi connectivity index (χ3n) is 2.27. The summed E-state index contributed by atoms with van der Waals surface area (Å²) in [5.41, 5.74) is 10.7. The molecule has 0 saturated heterocycles. The van der Waals surface area contributed by atoms with E-state index in [2.05, 4.69) is 0 Å². The van der Waals surface area contributed by atoms with Crippen LogP contribution in [0.15, 0.2) is 12.1 Å². The lowest BCUT2D eigenvalue weighted by atomic mass is 10.0. The Balaban J connectivity index is 3.13. The third kappa shape index (κ3) is 2.41. The molecule has 0 fully saturated rings. The van der Waals surface area contributed by atoms with Gasteiger partial charge in [-0.05, 0) is 6.07 Å². The Morgan fingerprint density at radius 1 is 1.44 bits per heavy atom. The molecule has 2 unspecified atom stereocenters. The van der Waals surface area contributed by atoms with Crippen molar-refractivity contribution in [2.75, 3.05) is 19.4 Å². The highest BCUT2D eigenvalue weighted by Crippen LogP contribution is 2.29. The predicted octanol–water partition coefficient (Wildman–Crippen LogP) is -0.231. The molecule has 2 atom stereocenters. The Bertz CT molecular complexity index is 373. The van der Waals surface area contributed by atoms with Crippen LogP contribution in [0.2, 0.25) is 0 Å². The second-order valence-electron chi connectivity index (χ2n) is 3.36. The van der Waals surface area contributed by atoms with Crippen LogP contribution in [0.5, 0.6) is 5.75 Å². The number of aliphatic hydroxyl groups is 2. The smallest absolute Gasteiger partial charge is 0.142 e. The fourth-order valence-electron chi connectivity index (χ4n) is 1.32. The molecule has 1 aromatic rings. The number of methoxy groups -OCH3 is 1. The number of anilines is 1. The van der Waals surface area contributed by atoms with Crippen LogP contribution in [0.3, 0.4) is 0 Å². The van der Waals surface area contributed by atoms with Crippen LogP contribution in [-0.2, 0) is 0 Å². The molecule has 0 amide bonds. The van der Waals surface area contributed by atoms with Gasteiger partial charge < -0.3 is 26.4 Å². The summed E-state index contributed by atoms with van der Waals surface area (Å²) in [6.07, 6.45) is -2.64. The van der Waals surface area contributed by atoms with Crippen LogP contribution in [0, 0.1) is 5.82 Å². The van der Waals surface area contributed by atoms with Gasteiger partial charge in [0.15, 0.2) is 0 Å². The van der Waals surface area contributed by atoms with Crippen molar-refractivity contribution in [2.24, 2.45) is 5.73 Å². The van der Waals surface area contributed by atoms with Gasteiger partial charge in [0.2, 0.25) is 0 Å². The Labute approximate surface area is 92.4 Å². The van der Waals surface area contributed by atoms with E-state index in [4.69, 9.17) is 16.2 Å². The van der Waals surface area contributed by atoms with Gasteiger partial charge in [0.1, 0.15) is 17.7 Å². The van der Waals surface area contributed by atoms with Gasteiger partial charge in [-0.25, -0.2) is 4.39 Å². The number of nitrogen functional groups attached to an aromatic ring is 1. The number of aliphatic hydroxyl groups excluding tert-OH is 2. The van der Waals surface area contributed by atoms with E-state index in [-0.39, 0.29) is 23.5 Å². The number of nitrogens with two attached hydrogens (primary N) is 2. The number of rotatable bonds is 4. The first kappa shape index (κ1) is 12.7. The fourth-order valence-corrected chi connectivity index (χ4v) is 1.32. The maximum atomic E-state index is 13.5. The van der Waals surface area contributed by atoms with Gasteiger partial charge >= 0.3 is 0 Å². The predicted molar refractivity (Wildman–Crippen MR) is 57.4 cm³/mol. The molecular weight excluding hydrogens is 215 g/mol.